The minimum atomic E-state index is -3.74. The molecule has 0 aromatic carbocycles. The fourth-order valence-electron chi connectivity index (χ4n) is 2.14. The van der Waals surface area contributed by atoms with Gasteiger partial charge in [-0.15, -0.1) is 0 Å². The molecule has 0 bridgehead atoms. The van der Waals surface area contributed by atoms with Gasteiger partial charge in [0, 0.05) is 12.1 Å². The maximum absolute atomic E-state index is 12.4. The Bertz CT molecular complexity index is 739. The average molecular weight is 313 g/mol. The molecule has 0 saturated heterocycles. The third-order valence-corrected chi connectivity index (χ3v) is 4.88. The molecule has 0 amide bonds. The summed E-state index contributed by atoms with van der Waals surface area (Å²) in [5, 5.41) is 0. The highest BCUT2D eigenvalue weighted by Crippen LogP contribution is 2.26. The number of nitrogens with zero attached hydrogens (tertiary/aromatic N) is 1. The molecule has 2 aromatic rings. The van der Waals surface area contributed by atoms with Crippen LogP contribution in [0.2, 0.25) is 0 Å². The van der Waals surface area contributed by atoms with Gasteiger partial charge in [-0.05, 0) is 27.7 Å². The highest BCUT2D eigenvalue weighted by atomic mass is 32.2. The zero-order chi connectivity index (χ0) is 15.8. The molecule has 21 heavy (non-hydrogen) atoms. The minimum absolute atomic E-state index is 0.0231. The molecule has 116 valence electrons. The lowest BCUT2D eigenvalue weighted by molar-refractivity contribution is 0.462. The van der Waals surface area contributed by atoms with E-state index in [1.54, 1.807) is 27.7 Å². The quantitative estimate of drug-likeness (QED) is 0.864. The van der Waals surface area contributed by atoms with Crippen molar-refractivity contribution in [3.63, 3.8) is 0 Å². The van der Waals surface area contributed by atoms with Crippen molar-refractivity contribution in [2.45, 2.75) is 45.7 Å². The zero-order valence-corrected chi connectivity index (χ0v) is 13.3. The van der Waals surface area contributed by atoms with E-state index in [1.165, 1.54) is 0 Å². The number of hydrogen-bond acceptors (Lipinski definition) is 6. The first-order valence-corrected chi connectivity index (χ1v) is 7.96. The lowest BCUT2D eigenvalue weighted by Gasteiger charge is -2.06. The molecule has 0 aliphatic rings. The van der Waals surface area contributed by atoms with Crippen molar-refractivity contribution in [1.29, 1.82) is 0 Å². The van der Waals surface area contributed by atoms with Gasteiger partial charge in [-0.25, -0.2) is 18.1 Å². The van der Waals surface area contributed by atoms with Crippen LogP contribution in [0, 0.1) is 27.7 Å². The van der Waals surface area contributed by atoms with Crippen LogP contribution in [0.25, 0.3) is 0 Å². The van der Waals surface area contributed by atoms with Gasteiger partial charge in [0.15, 0.2) is 0 Å². The summed E-state index contributed by atoms with van der Waals surface area (Å²) in [7, 11) is -3.74. The summed E-state index contributed by atoms with van der Waals surface area (Å²) in [6.45, 7) is 6.93. The van der Waals surface area contributed by atoms with Crippen molar-refractivity contribution in [3.05, 3.63) is 34.4 Å². The summed E-state index contributed by atoms with van der Waals surface area (Å²) < 4.78 is 38.0. The van der Waals surface area contributed by atoms with Crippen LogP contribution in [-0.2, 0) is 23.1 Å². The molecule has 0 spiro atoms. The molecule has 7 nitrogen and oxygen atoms in total. The maximum atomic E-state index is 12.4. The number of nitrogens with two attached hydrogens (primary N) is 1. The second-order valence-electron chi connectivity index (χ2n) is 4.80. The van der Waals surface area contributed by atoms with Gasteiger partial charge < -0.3 is 14.6 Å². The normalized spacial score (nSPS) is 12.0. The van der Waals surface area contributed by atoms with E-state index >= 15 is 0 Å². The molecule has 3 N–H and O–H groups in total. The molecule has 0 saturated carbocycles. The number of oxazole rings is 1. The van der Waals surface area contributed by atoms with Gasteiger partial charge in [-0.3, -0.25) is 0 Å². The van der Waals surface area contributed by atoms with Crippen molar-refractivity contribution >= 4 is 10.0 Å². The molecule has 2 rings (SSSR count). The van der Waals surface area contributed by atoms with Gasteiger partial charge >= 0.3 is 0 Å². The molecule has 0 radical (unpaired) electrons. The third kappa shape index (κ3) is 3.02. The second-order valence-corrected chi connectivity index (χ2v) is 6.50. The van der Waals surface area contributed by atoms with Crippen molar-refractivity contribution in [3.8, 4) is 0 Å². The predicted molar refractivity (Wildman–Crippen MR) is 76.1 cm³/mol. The Morgan fingerprint density at radius 2 is 1.76 bits per heavy atom. The largest absolute Gasteiger partial charge is 0.465 e. The molecule has 0 atom stereocenters. The third-order valence-electron chi connectivity index (χ3n) is 3.28. The molecule has 8 heteroatoms. The van der Waals surface area contributed by atoms with E-state index in [9.17, 15) is 8.42 Å². The Balaban J connectivity index is 2.27. The highest BCUT2D eigenvalue weighted by molar-refractivity contribution is 7.89. The first kappa shape index (κ1) is 15.7. The Morgan fingerprint density at radius 1 is 1.10 bits per heavy atom. The highest BCUT2D eigenvalue weighted by Gasteiger charge is 2.26. The molecule has 0 unspecified atom stereocenters. The van der Waals surface area contributed by atoms with Crippen LogP contribution in [-0.4, -0.2) is 13.4 Å². The lowest BCUT2D eigenvalue weighted by Crippen LogP contribution is -2.25. The van der Waals surface area contributed by atoms with Crippen LogP contribution in [0.5, 0.6) is 0 Å². The summed E-state index contributed by atoms with van der Waals surface area (Å²) in [6, 6.07) is 0. The molecular formula is C13H19N3O4S. The maximum Gasteiger partial charge on any atom is 0.244 e. The zero-order valence-electron chi connectivity index (χ0n) is 12.5. The Kier molecular flexibility index (Phi) is 4.22. The van der Waals surface area contributed by atoms with Gasteiger partial charge in [-0.2, -0.15) is 0 Å². The minimum Gasteiger partial charge on any atom is -0.465 e. The molecule has 2 aromatic heterocycles. The van der Waals surface area contributed by atoms with Crippen molar-refractivity contribution in [1.82, 2.24) is 9.71 Å². The number of aromatic nitrogens is 1. The van der Waals surface area contributed by atoms with Crippen LogP contribution in [0.4, 0.5) is 0 Å². The van der Waals surface area contributed by atoms with E-state index < -0.39 is 10.0 Å². The van der Waals surface area contributed by atoms with Crippen molar-refractivity contribution in [2.24, 2.45) is 5.73 Å². The molecule has 0 aliphatic carbocycles. The molecule has 2 heterocycles. The van der Waals surface area contributed by atoms with Crippen LogP contribution in [0.3, 0.4) is 0 Å². The monoisotopic (exact) mass is 313 g/mol. The van der Waals surface area contributed by atoms with E-state index in [0.717, 1.165) is 5.69 Å². The first-order valence-electron chi connectivity index (χ1n) is 6.47. The van der Waals surface area contributed by atoms with Crippen LogP contribution in [0.15, 0.2) is 13.7 Å². The Morgan fingerprint density at radius 3 is 2.29 bits per heavy atom. The van der Waals surface area contributed by atoms with Gasteiger partial charge in [0.2, 0.25) is 15.9 Å². The van der Waals surface area contributed by atoms with E-state index in [0.29, 0.717) is 28.7 Å². The predicted octanol–water partition coefficient (Wildman–Crippen LogP) is 1.44. The van der Waals surface area contributed by atoms with Crippen molar-refractivity contribution < 1.29 is 17.3 Å². The fraction of sp³-hybridized carbons (Fsp3) is 0.462. The van der Waals surface area contributed by atoms with Gasteiger partial charge in [0.25, 0.3) is 0 Å². The van der Waals surface area contributed by atoms with E-state index in [-0.39, 0.29) is 18.0 Å². The molecular weight excluding hydrogens is 294 g/mol. The van der Waals surface area contributed by atoms with Gasteiger partial charge in [0.1, 0.15) is 22.2 Å². The van der Waals surface area contributed by atoms with Crippen LogP contribution in [0.1, 0.15) is 34.4 Å². The summed E-state index contributed by atoms with van der Waals surface area (Å²) in [4.78, 5) is 4.23. The Hall–Kier alpha value is -1.64. The molecule has 0 aliphatic heterocycles. The second kappa shape index (κ2) is 5.63. The molecule has 0 fully saturated rings. The van der Waals surface area contributed by atoms with Crippen LogP contribution >= 0.6 is 0 Å². The average Bonchev–Trinajstić information content (AvgIpc) is 2.87. The number of furan rings is 1. The standard InChI is InChI=1S/C13H19N3O4S/c1-7-8(2)20-12(16-7)6-15-21(17,18)13-10(4)19-9(3)11(13)5-14/h15H,5-6,14H2,1-4H3. The lowest BCUT2D eigenvalue weighted by atomic mass is 10.2. The number of sulfonamides is 1. The van der Waals surface area contributed by atoms with Gasteiger partial charge in [-0.1, -0.05) is 0 Å². The summed E-state index contributed by atoms with van der Waals surface area (Å²) in [6.07, 6.45) is 0. The number of nitrogens with one attached hydrogen (secondary N) is 1. The summed E-state index contributed by atoms with van der Waals surface area (Å²) in [5.41, 5.74) is 6.83. The first-order chi connectivity index (χ1) is 9.76. The smallest absolute Gasteiger partial charge is 0.244 e. The number of hydrogen-bond donors (Lipinski definition) is 2. The fourth-order valence-corrected chi connectivity index (χ4v) is 3.57. The van der Waals surface area contributed by atoms with E-state index in [4.69, 9.17) is 14.6 Å². The number of aryl methyl sites for hydroxylation is 4. The van der Waals surface area contributed by atoms with E-state index in [1.807, 2.05) is 0 Å². The SMILES string of the molecule is Cc1nc(CNS(=O)(=O)c2c(C)oc(C)c2CN)oc1C. The van der Waals surface area contributed by atoms with E-state index in [2.05, 4.69) is 9.71 Å². The summed E-state index contributed by atoms with van der Waals surface area (Å²) in [5.74, 6) is 1.82. The topological polar surface area (TPSA) is 111 Å². The van der Waals surface area contributed by atoms with Crippen LogP contribution < -0.4 is 10.5 Å². The van der Waals surface area contributed by atoms with Gasteiger partial charge in [0.05, 0.1) is 12.2 Å². The Labute approximate surface area is 123 Å². The number of rotatable bonds is 5. The van der Waals surface area contributed by atoms with Crippen molar-refractivity contribution in [2.75, 3.05) is 0 Å². The summed E-state index contributed by atoms with van der Waals surface area (Å²) >= 11 is 0.